The lowest BCUT2D eigenvalue weighted by Gasteiger charge is -2.06. The summed E-state index contributed by atoms with van der Waals surface area (Å²) in [6.45, 7) is 4.05. The van der Waals surface area contributed by atoms with Crippen molar-refractivity contribution in [2.45, 2.75) is 19.8 Å². The van der Waals surface area contributed by atoms with Crippen LogP contribution >= 0.6 is 0 Å². The number of aromatic nitrogens is 2. The first kappa shape index (κ1) is 12.3. The molecule has 4 N–H and O–H groups in total. The van der Waals surface area contributed by atoms with Crippen LogP contribution < -0.4 is 16.3 Å². The molecular formula is C13H18N4O. The number of rotatable bonds is 3. The molecule has 1 aromatic heterocycles. The Morgan fingerprint density at radius 2 is 1.94 bits per heavy atom. The fraction of sp³-hybridized carbons (Fsp3) is 0.308. The van der Waals surface area contributed by atoms with E-state index in [2.05, 4.69) is 4.98 Å². The van der Waals surface area contributed by atoms with Gasteiger partial charge < -0.3 is 16.3 Å². The number of methoxy groups -OCH3 is 1. The van der Waals surface area contributed by atoms with E-state index in [1.807, 2.05) is 38.1 Å². The maximum atomic E-state index is 6.02. The first-order valence-electron chi connectivity index (χ1n) is 5.82. The molecule has 0 unspecified atom stereocenters. The normalized spacial score (nSPS) is 10.9. The van der Waals surface area contributed by atoms with E-state index in [1.54, 1.807) is 7.11 Å². The van der Waals surface area contributed by atoms with Crippen molar-refractivity contribution in [3.8, 4) is 17.0 Å². The summed E-state index contributed by atoms with van der Waals surface area (Å²) in [5, 5.41) is 0. The first-order chi connectivity index (χ1) is 8.56. The van der Waals surface area contributed by atoms with E-state index >= 15 is 0 Å². The molecule has 18 heavy (non-hydrogen) atoms. The number of hydrogen-bond acceptors (Lipinski definition) is 4. The number of benzene rings is 1. The van der Waals surface area contributed by atoms with Crippen LogP contribution in [0.1, 0.15) is 25.6 Å². The summed E-state index contributed by atoms with van der Waals surface area (Å²) in [6.07, 6.45) is 0. The molecule has 96 valence electrons. The summed E-state index contributed by atoms with van der Waals surface area (Å²) in [7, 11) is 1.62. The zero-order chi connectivity index (χ0) is 13.3. The zero-order valence-corrected chi connectivity index (χ0v) is 10.8. The van der Waals surface area contributed by atoms with Crippen molar-refractivity contribution in [1.29, 1.82) is 0 Å². The molecule has 2 aromatic rings. The number of ether oxygens (including phenoxy) is 1. The van der Waals surface area contributed by atoms with Crippen LogP contribution in [0.4, 0.5) is 5.82 Å². The second kappa shape index (κ2) is 4.60. The highest BCUT2D eigenvalue weighted by molar-refractivity contribution is 5.76. The van der Waals surface area contributed by atoms with Crippen LogP contribution in [-0.4, -0.2) is 16.8 Å². The fourth-order valence-electron chi connectivity index (χ4n) is 1.91. The second-order valence-electron chi connectivity index (χ2n) is 4.43. The standard InChI is InChI=1S/C13H18N4O/c1-8(2)13-16-11(12(14)17(13)15)9-6-4-5-7-10(9)18-3/h4-8H,14-15H2,1-3H3. The minimum absolute atomic E-state index is 0.209. The van der Waals surface area contributed by atoms with Crippen LogP contribution in [0, 0.1) is 0 Å². The lowest BCUT2D eigenvalue weighted by Crippen LogP contribution is -2.16. The number of imidazole rings is 1. The summed E-state index contributed by atoms with van der Waals surface area (Å²) in [5.41, 5.74) is 7.53. The van der Waals surface area contributed by atoms with Crippen molar-refractivity contribution in [3.63, 3.8) is 0 Å². The van der Waals surface area contributed by atoms with Crippen molar-refractivity contribution in [2.75, 3.05) is 18.7 Å². The predicted molar refractivity (Wildman–Crippen MR) is 72.9 cm³/mol. The number of nitrogens with two attached hydrogens (primary N) is 2. The molecule has 0 radical (unpaired) electrons. The molecule has 1 aromatic carbocycles. The second-order valence-corrected chi connectivity index (χ2v) is 4.43. The molecule has 2 rings (SSSR count). The Bertz CT molecular complexity index is 560. The van der Waals surface area contributed by atoms with Crippen LogP contribution in [0.2, 0.25) is 0 Å². The molecule has 5 nitrogen and oxygen atoms in total. The van der Waals surface area contributed by atoms with Gasteiger partial charge in [0, 0.05) is 11.5 Å². The monoisotopic (exact) mass is 246 g/mol. The Morgan fingerprint density at radius 1 is 1.28 bits per heavy atom. The third-order valence-corrected chi connectivity index (χ3v) is 2.85. The highest BCUT2D eigenvalue weighted by atomic mass is 16.5. The van der Waals surface area contributed by atoms with Gasteiger partial charge in [-0.1, -0.05) is 26.0 Å². The van der Waals surface area contributed by atoms with Gasteiger partial charge in [0.15, 0.2) is 5.82 Å². The van der Waals surface area contributed by atoms with Crippen LogP contribution in [-0.2, 0) is 0 Å². The predicted octanol–water partition coefficient (Wildman–Crippen LogP) is 1.98. The molecule has 0 spiro atoms. The van der Waals surface area contributed by atoms with E-state index in [1.165, 1.54) is 4.68 Å². The van der Waals surface area contributed by atoms with Gasteiger partial charge in [-0.15, -0.1) is 0 Å². The summed E-state index contributed by atoms with van der Waals surface area (Å²) < 4.78 is 6.76. The van der Waals surface area contributed by atoms with Gasteiger partial charge in [-0.05, 0) is 12.1 Å². The number of nitrogen functional groups attached to an aromatic ring is 2. The Labute approximate surface area is 106 Å². The molecule has 0 aliphatic rings. The zero-order valence-electron chi connectivity index (χ0n) is 10.8. The summed E-state index contributed by atoms with van der Waals surface area (Å²) >= 11 is 0. The van der Waals surface area contributed by atoms with Crippen LogP contribution in [0.25, 0.3) is 11.3 Å². The largest absolute Gasteiger partial charge is 0.496 e. The van der Waals surface area contributed by atoms with Gasteiger partial charge >= 0.3 is 0 Å². The first-order valence-corrected chi connectivity index (χ1v) is 5.82. The van der Waals surface area contributed by atoms with Gasteiger partial charge in [0.2, 0.25) is 0 Å². The summed E-state index contributed by atoms with van der Waals surface area (Å²) in [4.78, 5) is 4.52. The van der Waals surface area contributed by atoms with Crippen LogP contribution in [0.15, 0.2) is 24.3 Å². The van der Waals surface area contributed by atoms with E-state index in [4.69, 9.17) is 16.3 Å². The molecule has 0 bridgehead atoms. The quantitative estimate of drug-likeness (QED) is 0.812. The van der Waals surface area contributed by atoms with Gasteiger partial charge in [0.25, 0.3) is 0 Å². The molecule has 0 aliphatic carbocycles. The number of hydrogen-bond donors (Lipinski definition) is 2. The summed E-state index contributed by atoms with van der Waals surface area (Å²) in [6, 6.07) is 7.62. The third-order valence-electron chi connectivity index (χ3n) is 2.85. The molecule has 0 atom stereocenters. The van der Waals surface area contributed by atoms with Crippen molar-refractivity contribution in [2.24, 2.45) is 0 Å². The molecule has 0 aliphatic heterocycles. The fourth-order valence-corrected chi connectivity index (χ4v) is 1.91. The van der Waals surface area contributed by atoms with E-state index in [0.29, 0.717) is 11.5 Å². The van der Waals surface area contributed by atoms with E-state index in [9.17, 15) is 0 Å². The van der Waals surface area contributed by atoms with E-state index in [-0.39, 0.29) is 5.92 Å². The average molecular weight is 246 g/mol. The van der Waals surface area contributed by atoms with Gasteiger partial charge in [-0.3, -0.25) is 0 Å². The van der Waals surface area contributed by atoms with Crippen molar-refractivity contribution >= 4 is 5.82 Å². The number of anilines is 1. The Morgan fingerprint density at radius 3 is 2.50 bits per heavy atom. The maximum absolute atomic E-state index is 6.02. The van der Waals surface area contributed by atoms with Crippen molar-refractivity contribution < 1.29 is 4.74 Å². The summed E-state index contributed by atoms with van der Waals surface area (Å²) in [5.74, 6) is 8.07. The highest BCUT2D eigenvalue weighted by Crippen LogP contribution is 2.33. The van der Waals surface area contributed by atoms with E-state index in [0.717, 1.165) is 17.1 Å². The van der Waals surface area contributed by atoms with Crippen LogP contribution in [0.5, 0.6) is 5.75 Å². The average Bonchev–Trinajstić information content (AvgIpc) is 2.66. The van der Waals surface area contributed by atoms with Crippen LogP contribution in [0.3, 0.4) is 0 Å². The molecule has 0 saturated heterocycles. The van der Waals surface area contributed by atoms with Gasteiger partial charge in [-0.25, -0.2) is 9.66 Å². The molecule has 1 heterocycles. The highest BCUT2D eigenvalue weighted by Gasteiger charge is 2.18. The molecule has 0 amide bonds. The van der Waals surface area contributed by atoms with Gasteiger partial charge in [-0.2, -0.15) is 0 Å². The molecular weight excluding hydrogens is 228 g/mol. The Hall–Kier alpha value is -2.17. The lowest BCUT2D eigenvalue weighted by molar-refractivity contribution is 0.416. The van der Waals surface area contributed by atoms with Crippen molar-refractivity contribution in [1.82, 2.24) is 9.66 Å². The SMILES string of the molecule is COc1ccccc1-c1nc(C(C)C)n(N)c1N. The van der Waals surface area contributed by atoms with Crippen molar-refractivity contribution in [3.05, 3.63) is 30.1 Å². The minimum atomic E-state index is 0.209. The maximum Gasteiger partial charge on any atom is 0.150 e. The number of nitrogens with zero attached hydrogens (tertiary/aromatic N) is 2. The molecule has 0 fully saturated rings. The third kappa shape index (κ3) is 1.88. The number of para-hydroxylation sites is 1. The molecule has 0 saturated carbocycles. The Balaban J connectivity index is 2.61. The lowest BCUT2D eigenvalue weighted by atomic mass is 10.1. The minimum Gasteiger partial charge on any atom is -0.496 e. The van der Waals surface area contributed by atoms with Gasteiger partial charge in [0.1, 0.15) is 17.3 Å². The van der Waals surface area contributed by atoms with E-state index < -0.39 is 0 Å². The smallest absolute Gasteiger partial charge is 0.150 e. The van der Waals surface area contributed by atoms with Gasteiger partial charge in [0.05, 0.1) is 7.11 Å². The Kier molecular flexibility index (Phi) is 3.14. The topological polar surface area (TPSA) is 79.1 Å². The molecule has 5 heteroatoms.